The Labute approximate surface area is 115 Å². The molecule has 114 valence electrons. The Morgan fingerprint density at radius 1 is 1.35 bits per heavy atom. The number of halogens is 4. The number of aromatic nitrogens is 1. The summed E-state index contributed by atoms with van der Waals surface area (Å²) in [4.78, 5) is 3.52. The molecule has 2 N–H and O–H groups in total. The van der Waals surface area contributed by atoms with E-state index < -0.39 is 23.7 Å². The first-order chi connectivity index (χ1) is 9.34. The highest BCUT2D eigenvalue weighted by molar-refractivity contribution is 5.39. The number of nitrogens with one attached hydrogen (secondary N) is 1. The predicted molar refractivity (Wildman–Crippen MR) is 67.8 cm³/mol. The van der Waals surface area contributed by atoms with Crippen molar-refractivity contribution in [1.82, 2.24) is 4.98 Å². The van der Waals surface area contributed by atoms with Gasteiger partial charge in [-0.15, -0.1) is 0 Å². The maximum absolute atomic E-state index is 13.0. The van der Waals surface area contributed by atoms with E-state index in [0.29, 0.717) is 18.7 Å². The van der Waals surface area contributed by atoms with Crippen LogP contribution in [0, 0.1) is 5.82 Å². The lowest BCUT2D eigenvalue weighted by atomic mass is 10.1. The lowest BCUT2D eigenvalue weighted by Crippen LogP contribution is -2.20. The fourth-order valence-electron chi connectivity index (χ4n) is 1.71. The average molecular weight is 294 g/mol. The van der Waals surface area contributed by atoms with E-state index >= 15 is 0 Å². The minimum atomic E-state index is -4.76. The van der Waals surface area contributed by atoms with Crippen molar-refractivity contribution in [1.29, 1.82) is 0 Å². The van der Waals surface area contributed by atoms with Gasteiger partial charge in [-0.3, -0.25) is 0 Å². The molecule has 0 radical (unpaired) electrons. The van der Waals surface area contributed by atoms with E-state index in [2.05, 4.69) is 10.3 Å². The van der Waals surface area contributed by atoms with Gasteiger partial charge in [-0.2, -0.15) is 13.2 Å². The smallest absolute Gasteiger partial charge is 0.391 e. The van der Waals surface area contributed by atoms with Crippen molar-refractivity contribution in [2.24, 2.45) is 0 Å². The van der Waals surface area contributed by atoms with Crippen molar-refractivity contribution >= 4 is 5.82 Å². The summed E-state index contributed by atoms with van der Waals surface area (Å²) in [5.74, 6) is -1.51. The van der Waals surface area contributed by atoms with E-state index in [-0.39, 0.29) is 12.4 Å². The highest BCUT2D eigenvalue weighted by Crippen LogP contribution is 2.32. The van der Waals surface area contributed by atoms with Crippen molar-refractivity contribution in [2.45, 2.75) is 44.9 Å². The van der Waals surface area contributed by atoms with Gasteiger partial charge in [0, 0.05) is 6.54 Å². The Morgan fingerprint density at radius 2 is 2.05 bits per heavy atom. The molecule has 1 aromatic rings. The molecule has 0 amide bonds. The number of pyridine rings is 1. The Morgan fingerprint density at radius 3 is 2.65 bits per heavy atom. The summed E-state index contributed by atoms with van der Waals surface area (Å²) < 4.78 is 50.5. The number of rotatable bonds is 7. The lowest BCUT2D eigenvalue weighted by Gasteiger charge is -2.13. The molecule has 3 nitrogen and oxygen atoms in total. The van der Waals surface area contributed by atoms with Gasteiger partial charge in [-0.05, 0) is 12.5 Å². The van der Waals surface area contributed by atoms with Crippen LogP contribution in [-0.4, -0.2) is 22.7 Å². The predicted octanol–water partition coefficient (Wildman–Crippen LogP) is 3.59. The zero-order chi connectivity index (χ0) is 15.2. The second-order valence-electron chi connectivity index (χ2n) is 4.58. The Balaban J connectivity index is 2.56. The number of anilines is 1. The molecule has 0 bridgehead atoms. The van der Waals surface area contributed by atoms with Gasteiger partial charge >= 0.3 is 6.18 Å². The van der Waals surface area contributed by atoms with E-state index in [4.69, 9.17) is 0 Å². The van der Waals surface area contributed by atoms with Gasteiger partial charge in [0.2, 0.25) is 0 Å². The third kappa shape index (κ3) is 5.32. The van der Waals surface area contributed by atoms with Gasteiger partial charge in [0.1, 0.15) is 5.82 Å². The van der Waals surface area contributed by atoms with Gasteiger partial charge in [0.25, 0.3) is 0 Å². The second-order valence-corrected chi connectivity index (χ2v) is 4.58. The van der Waals surface area contributed by atoms with Gasteiger partial charge < -0.3 is 10.4 Å². The zero-order valence-electron chi connectivity index (χ0n) is 11.2. The van der Waals surface area contributed by atoms with Crippen molar-refractivity contribution < 1.29 is 22.7 Å². The summed E-state index contributed by atoms with van der Waals surface area (Å²) in [7, 11) is 0. The molecule has 0 fully saturated rings. The minimum Gasteiger partial charge on any atom is -0.391 e. The summed E-state index contributed by atoms with van der Waals surface area (Å²) in [5.41, 5.74) is -1.37. The first-order valence-corrected chi connectivity index (χ1v) is 6.49. The topological polar surface area (TPSA) is 45.1 Å². The summed E-state index contributed by atoms with van der Waals surface area (Å²) in [6, 6.07) is 0.605. The molecule has 1 rings (SSSR count). The zero-order valence-corrected chi connectivity index (χ0v) is 11.2. The molecule has 1 atom stereocenters. The molecule has 1 aromatic heterocycles. The molecule has 1 heterocycles. The molecule has 1 unspecified atom stereocenters. The molecule has 0 aliphatic rings. The van der Waals surface area contributed by atoms with Gasteiger partial charge in [-0.25, -0.2) is 9.37 Å². The van der Waals surface area contributed by atoms with Crippen LogP contribution in [0.1, 0.15) is 38.2 Å². The van der Waals surface area contributed by atoms with E-state index in [9.17, 15) is 22.7 Å². The molecule has 0 saturated carbocycles. The monoisotopic (exact) mass is 294 g/mol. The maximum atomic E-state index is 13.0. The van der Waals surface area contributed by atoms with Crippen LogP contribution in [0.2, 0.25) is 0 Å². The molecule has 0 saturated heterocycles. The van der Waals surface area contributed by atoms with Crippen LogP contribution in [-0.2, 0) is 6.18 Å². The number of aliphatic hydroxyl groups is 1. The highest BCUT2D eigenvalue weighted by Gasteiger charge is 2.34. The highest BCUT2D eigenvalue weighted by atomic mass is 19.4. The SMILES string of the molecule is CCCCCC(O)CNc1cc(C(F)(F)F)c(F)cn1. The average Bonchev–Trinajstić information content (AvgIpc) is 2.36. The standard InChI is InChI=1S/C13H18F4N2O/c1-2-3-4-5-9(20)7-18-12-6-10(13(15,16)17)11(14)8-19-12/h6,8-9,20H,2-5,7H2,1H3,(H,18,19). The maximum Gasteiger partial charge on any atom is 0.419 e. The first kappa shape index (κ1) is 16.7. The van der Waals surface area contributed by atoms with Crippen LogP contribution in [0.25, 0.3) is 0 Å². The van der Waals surface area contributed by atoms with Gasteiger partial charge in [0.05, 0.1) is 17.9 Å². The largest absolute Gasteiger partial charge is 0.419 e. The quantitative estimate of drug-likeness (QED) is 0.596. The lowest BCUT2D eigenvalue weighted by molar-refractivity contribution is -0.140. The van der Waals surface area contributed by atoms with Crippen LogP contribution < -0.4 is 5.32 Å². The third-order valence-corrected chi connectivity index (χ3v) is 2.82. The Bertz CT molecular complexity index is 423. The number of unbranched alkanes of at least 4 members (excludes halogenated alkanes) is 2. The van der Waals surface area contributed by atoms with Crippen molar-refractivity contribution in [3.05, 3.63) is 23.6 Å². The molecular weight excluding hydrogens is 276 g/mol. The number of nitrogens with zero attached hydrogens (tertiary/aromatic N) is 1. The number of hydrogen-bond acceptors (Lipinski definition) is 3. The summed E-state index contributed by atoms with van der Waals surface area (Å²) in [5, 5.41) is 12.2. The third-order valence-electron chi connectivity index (χ3n) is 2.82. The number of hydrogen-bond donors (Lipinski definition) is 2. The van der Waals surface area contributed by atoms with E-state index in [1.807, 2.05) is 6.92 Å². The summed E-state index contributed by atoms with van der Waals surface area (Å²) in [6.07, 6.45) is -1.47. The van der Waals surface area contributed by atoms with E-state index in [0.717, 1.165) is 19.3 Å². The van der Waals surface area contributed by atoms with Crippen molar-refractivity contribution in [3.8, 4) is 0 Å². The van der Waals surface area contributed by atoms with E-state index in [1.54, 1.807) is 0 Å². The normalized spacial score (nSPS) is 13.3. The fourth-order valence-corrected chi connectivity index (χ4v) is 1.71. The van der Waals surface area contributed by atoms with Gasteiger partial charge in [0.15, 0.2) is 5.82 Å². The van der Waals surface area contributed by atoms with Crippen LogP contribution in [0.5, 0.6) is 0 Å². The van der Waals surface area contributed by atoms with Crippen LogP contribution in [0.3, 0.4) is 0 Å². The summed E-state index contributed by atoms with van der Waals surface area (Å²) in [6.45, 7) is 2.12. The minimum absolute atomic E-state index is 0.0830. The number of alkyl halides is 3. The molecule has 20 heavy (non-hydrogen) atoms. The fraction of sp³-hybridized carbons (Fsp3) is 0.615. The molecular formula is C13H18F4N2O. The van der Waals surface area contributed by atoms with Crippen LogP contribution in [0.15, 0.2) is 12.3 Å². The van der Waals surface area contributed by atoms with E-state index in [1.165, 1.54) is 0 Å². The van der Waals surface area contributed by atoms with Crippen LogP contribution in [0.4, 0.5) is 23.4 Å². The first-order valence-electron chi connectivity index (χ1n) is 6.49. The molecule has 0 aromatic carbocycles. The van der Waals surface area contributed by atoms with Crippen molar-refractivity contribution in [3.63, 3.8) is 0 Å². The molecule has 7 heteroatoms. The Kier molecular flexibility index (Phi) is 6.19. The number of aliphatic hydroxyl groups excluding tert-OH is 1. The molecule has 0 aliphatic carbocycles. The molecule has 0 aliphatic heterocycles. The van der Waals surface area contributed by atoms with Crippen molar-refractivity contribution in [2.75, 3.05) is 11.9 Å². The Hall–Kier alpha value is -1.37. The van der Waals surface area contributed by atoms with Crippen LogP contribution >= 0.6 is 0 Å². The summed E-state index contributed by atoms with van der Waals surface area (Å²) >= 11 is 0. The van der Waals surface area contributed by atoms with Gasteiger partial charge in [-0.1, -0.05) is 26.2 Å². The molecule has 0 spiro atoms. The second kappa shape index (κ2) is 7.42.